The Hall–Kier alpha value is -2.06. The summed E-state index contributed by atoms with van der Waals surface area (Å²) in [6, 6.07) is 19.7. The molecule has 0 N–H and O–H groups in total. The van der Waals surface area contributed by atoms with Gasteiger partial charge in [0.2, 0.25) is 0 Å². The normalized spacial score (nSPS) is 15.7. The summed E-state index contributed by atoms with van der Waals surface area (Å²) in [5.74, 6) is 0. The SMILES string of the molecule is CN1CCCc2c(c3ccccc3n2Cc2ccccc2)C1. The molecule has 0 saturated heterocycles. The van der Waals surface area contributed by atoms with Crippen LogP contribution in [0.2, 0.25) is 0 Å². The second-order valence-electron chi connectivity index (χ2n) is 6.36. The average molecular weight is 290 g/mol. The molecule has 2 aromatic carbocycles. The number of benzene rings is 2. The van der Waals surface area contributed by atoms with Crippen LogP contribution in [0.25, 0.3) is 10.9 Å². The van der Waals surface area contributed by atoms with E-state index in [0.717, 1.165) is 13.1 Å². The van der Waals surface area contributed by atoms with Gasteiger partial charge in [-0.1, -0.05) is 48.5 Å². The van der Waals surface area contributed by atoms with Gasteiger partial charge in [0.25, 0.3) is 0 Å². The van der Waals surface area contributed by atoms with Gasteiger partial charge in [-0.15, -0.1) is 0 Å². The zero-order valence-electron chi connectivity index (χ0n) is 13.1. The number of fused-ring (bicyclic) bond motifs is 3. The molecule has 1 aromatic heterocycles. The molecule has 2 nitrogen and oxygen atoms in total. The lowest BCUT2D eigenvalue weighted by molar-refractivity contribution is 0.333. The van der Waals surface area contributed by atoms with E-state index in [1.165, 1.54) is 47.1 Å². The molecular weight excluding hydrogens is 268 g/mol. The third-order valence-electron chi connectivity index (χ3n) is 4.76. The highest BCUT2D eigenvalue weighted by Gasteiger charge is 2.20. The van der Waals surface area contributed by atoms with Gasteiger partial charge in [0, 0.05) is 29.7 Å². The van der Waals surface area contributed by atoms with E-state index in [1.54, 1.807) is 0 Å². The minimum absolute atomic E-state index is 0.973. The van der Waals surface area contributed by atoms with Crippen LogP contribution >= 0.6 is 0 Å². The van der Waals surface area contributed by atoms with Crippen molar-refractivity contribution in [3.8, 4) is 0 Å². The molecule has 1 aliphatic heterocycles. The van der Waals surface area contributed by atoms with Crippen LogP contribution in [0.15, 0.2) is 54.6 Å². The molecular formula is C20H22N2. The minimum Gasteiger partial charge on any atom is -0.340 e. The largest absolute Gasteiger partial charge is 0.340 e. The Labute approximate surface area is 132 Å². The van der Waals surface area contributed by atoms with Crippen LogP contribution < -0.4 is 0 Å². The van der Waals surface area contributed by atoms with Crippen LogP contribution in [0.1, 0.15) is 23.2 Å². The van der Waals surface area contributed by atoms with E-state index >= 15 is 0 Å². The number of hydrogen-bond acceptors (Lipinski definition) is 1. The molecule has 22 heavy (non-hydrogen) atoms. The second-order valence-corrected chi connectivity index (χ2v) is 6.36. The maximum absolute atomic E-state index is 2.54. The predicted molar refractivity (Wildman–Crippen MR) is 92.1 cm³/mol. The summed E-state index contributed by atoms with van der Waals surface area (Å²) >= 11 is 0. The van der Waals surface area contributed by atoms with Crippen molar-refractivity contribution in [3.63, 3.8) is 0 Å². The summed E-state index contributed by atoms with van der Waals surface area (Å²) in [7, 11) is 2.23. The highest BCUT2D eigenvalue weighted by atomic mass is 15.1. The molecule has 1 aliphatic rings. The van der Waals surface area contributed by atoms with Crippen LogP contribution in [-0.2, 0) is 19.5 Å². The first kappa shape index (κ1) is 13.6. The second kappa shape index (κ2) is 5.62. The van der Waals surface area contributed by atoms with Crippen molar-refractivity contribution in [2.45, 2.75) is 25.9 Å². The standard InChI is InChI=1S/C20H22N2/c1-21-13-7-12-20-18(15-21)17-10-5-6-11-19(17)22(20)14-16-8-3-2-4-9-16/h2-6,8-11H,7,12-15H2,1H3. The molecule has 0 spiro atoms. The molecule has 0 radical (unpaired) electrons. The molecule has 0 saturated carbocycles. The Balaban J connectivity index is 1.88. The molecule has 0 bridgehead atoms. The molecule has 0 fully saturated rings. The molecule has 2 heterocycles. The van der Waals surface area contributed by atoms with Gasteiger partial charge in [-0.2, -0.15) is 0 Å². The highest BCUT2D eigenvalue weighted by molar-refractivity contribution is 5.85. The monoisotopic (exact) mass is 290 g/mol. The van der Waals surface area contributed by atoms with Crippen LogP contribution in [-0.4, -0.2) is 23.1 Å². The number of hydrogen-bond donors (Lipinski definition) is 0. The maximum atomic E-state index is 2.54. The summed E-state index contributed by atoms with van der Waals surface area (Å²) in [6.07, 6.45) is 2.43. The van der Waals surface area contributed by atoms with Crippen molar-refractivity contribution in [3.05, 3.63) is 71.4 Å². The van der Waals surface area contributed by atoms with Crippen LogP contribution in [0.3, 0.4) is 0 Å². The Bertz CT molecular complexity index is 786. The predicted octanol–water partition coefficient (Wildman–Crippen LogP) is 4.07. The topological polar surface area (TPSA) is 8.17 Å². The number of para-hydroxylation sites is 1. The van der Waals surface area contributed by atoms with Crippen molar-refractivity contribution >= 4 is 10.9 Å². The van der Waals surface area contributed by atoms with E-state index in [-0.39, 0.29) is 0 Å². The smallest absolute Gasteiger partial charge is 0.0489 e. The molecule has 2 heteroatoms. The van der Waals surface area contributed by atoms with Crippen LogP contribution in [0, 0.1) is 0 Å². The fourth-order valence-corrected chi connectivity index (χ4v) is 3.70. The summed E-state index contributed by atoms with van der Waals surface area (Å²) in [4.78, 5) is 2.45. The van der Waals surface area contributed by atoms with Crippen molar-refractivity contribution < 1.29 is 0 Å². The van der Waals surface area contributed by atoms with E-state index in [9.17, 15) is 0 Å². The molecule has 3 aromatic rings. The Kier molecular flexibility index (Phi) is 3.47. The van der Waals surface area contributed by atoms with E-state index < -0.39 is 0 Å². The Morgan fingerprint density at radius 1 is 0.955 bits per heavy atom. The van der Waals surface area contributed by atoms with Gasteiger partial charge in [-0.3, -0.25) is 0 Å². The lowest BCUT2D eigenvalue weighted by atomic mass is 10.1. The number of nitrogens with zero attached hydrogens (tertiary/aromatic N) is 2. The summed E-state index contributed by atoms with van der Waals surface area (Å²) in [5, 5.41) is 1.43. The average Bonchev–Trinajstić information content (AvgIpc) is 2.70. The van der Waals surface area contributed by atoms with Crippen molar-refractivity contribution in [2.75, 3.05) is 13.6 Å². The lowest BCUT2D eigenvalue weighted by Crippen LogP contribution is -2.16. The molecule has 0 atom stereocenters. The first-order valence-corrected chi connectivity index (χ1v) is 8.14. The summed E-state index contributed by atoms with van der Waals surface area (Å²) < 4.78 is 2.54. The maximum Gasteiger partial charge on any atom is 0.0489 e. The molecule has 0 amide bonds. The van der Waals surface area contributed by atoms with Gasteiger partial charge in [-0.25, -0.2) is 0 Å². The minimum atomic E-state index is 0.973. The van der Waals surface area contributed by atoms with E-state index in [1.807, 2.05) is 0 Å². The lowest BCUT2D eigenvalue weighted by Gasteiger charge is -2.12. The molecule has 0 unspecified atom stereocenters. The summed E-state index contributed by atoms with van der Waals surface area (Å²) in [6.45, 7) is 3.23. The van der Waals surface area contributed by atoms with Gasteiger partial charge in [-0.05, 0) is 43.6 Å². The fraction of sp³-hybridized carbons (Fsp3) is 0.300. The van der Waals surface area contributed by atoms with Crippen LogP contribution in [0.5, 0.6) is 0 Å². The van der Waals surface area contributed by atoms with Gasteiger partial charge in [0.1, 0.15) is 0 Å². The quantitative estimate of drug-likeness (QED) is 0.691. The number of aromatic nitrogens is 1. The first-order valence-electron chi connectivity index (χ1n) is 8.14. The zero-order chi connectivity index (χ0) is 14.9. The molecule has 4 rings (SSSR count). The van der Waals surface area contributed by atoms with E-state index in [0.29, 0.717) is 0 Å². The van der Waals surface area contributed by atoms with Crippen molar-refractivity contribution in [2.24, 2.45) is 0 Å². The van der Waals surface area contributed by atoms with Gasteiger partial charge < -0.3 is 9.47 Å². The Morgan fingerprint density at radius 2 is 1.73 bits per heavy atom. The van der Waals surface area contributed by atoms with E-state index in [4.69, 9.17) is 0 Å². The first-order chi connectivity index (χ1) is 10.8. The van der Waals surface area contributed by atoms with Gasteiger partial charge >= 0.3 is 0 Å². The van der Waals surface area contributed by atoms with Gasteiger partial charge in [0.05, 0.1) is 0 Å². The fourth-order valence-electron chi connectivity index (χ4n) is 3.70. The van der Waals surface area contributed by atoms with Crippen molar-refractivity contribution in [1.82, 2.24) is 9.47 Å². The Morgan fingerprint density at radius 3 is 2.59 bits per heavy atom. The molecule has 0 aliphatic carbocycles. The van der Waals surface area contributed by atoms with Gasteiger partial charge in [0.15, 0.2) is 0 Å². The third kappa shape index (κ3) is 2.34. The third-order valence-corrected chi connectivity index (χ3v) is 4.76. The molecule has 112 valence electrons. The zero-order valence-corrected chi connectivity index (χ0v) is 13.1. The van der Waals surface area contributed by atoms with Crippen LogP contribution in [0.4, 0.5) is 0 Å². The highest BCUT2D eigenvalue weighted by Crippen LogP contribution is 2.30. The number of rotatable bonds is 2. The van der Waals surface area contributed by atoms with E-state index in [2.05, 4.69) is 71.1 Å². The van der Waals surface area contributed by atoms with Crippen molar-refractivity contribution in [1.29, 1.82) is 0 Å². The summed E-state index contributed by atoms with van der Waals surface area (Å²) in [5.41, 5.74) is 5.83.